The highest BCUT2D eigenvalue weighted by Gasteiger charge is 2.05. The molecule has 1 aromatic carbocycles. The largest absolute Gasteiger partial charge is 0.368 e. The van der Waals surface area contributed by atoms with Gasteiger partial charge in [-0.05, 0) is 31.5 Å². The summed E-state index contributed by atoms with van der Waals surface area (Å²) in [6, 6.07) is 7.89. The summed E-state index contributed by atoms with van der Waals surface area (Å²) in [5.74, 6) is 1.28. The summed E-state index contributed by atoms with van der Waals surface area (Å²) >= 11 is 0. The average Bonchev–Trinajstić information content (AvgIpc) is 2.35. The molecule has 1 heterocycles. The quantitative estimate of drug-likeness (QED) is 0.842. The minimum absolute atomic E-state index is 0.433. The van der Waals surface area contributed by atoms with Crippen LogP contribution in [0.1, 0.15) is 12.6 Å². The first-order chi connectivity index (χ1) is 8.20. The van der Waals surface area contributed by atoms with E-state index in [9.17, 15) is 0 Å². The van der Waals surface area contributed by atoms with Crippen molar-refractivity contribution in [2.45, 2.75) is 13.8 Å². The van der Waals surface area contributed by atoms with Gasteiger partial charge in [0.15, 0.2) is 0 Å². The van der Waals surface area contributed by atoms with Crippen LogP contribution in [0.2, 0.25) is 0 Å². The monoisotopic (exact) mass is 230 g/mol. The minimum atomic E-state index is 0.433. The molecule has 0 spiro atoms. The zero-order valence-electron chi connectivity index (χ0n) is 10.3. The van der Waals surface area contributed by atoms with Crippen LogP contribution >= 0.6 is 0 Å². The maximum atomic E-state index is 5.59. The third-order valence-electron chi connectivity index (χ3n) is 2.77. The van der Waals surface area contributed by atoms with Crippen molar-refractivity contribution in [3.05, 3.63) is 30.0 Å². The first-order valence-electron chi connectivity index (χ1n) is 5.88. The maximum Gasteiger partial charge on any atom is 0.148 e. The molecule has 4 nitrogen and oxygen atoms in total. The third-order valence-corrected chi connectivity index (χ3v) is 2.77. The SMILES string of the molecule is Cc1nc2ccccc2nc1NCC(C)CN. The minimum Gasteiger partial charge on any atom is -0.368 e. The number of benzene rings is 1. The van der Waals surface area contributed by atoms with Gasteiger partial charge in [0.25, 0.3) is 0 Å². The number of anilines is 1. The molecule has 0 aliphatic heterocycles. The van der Waals surface area contributed by atoms with Crippen molar-refractivity contribution in [2.24, 2.45) is 11.7 Å². The van der Waals surface area contributed by atoms with Gasteiger partial charge < -0.3 is 11.1 Å². The summed E-state index contributed by atoms with van der Waals surface area (Å²) < 4.78 is 0. The number of nitrogens with zero attached hydrogens (tertiary/aromatic N) is 2. The van der Waals surface area contributed by atoms with E-state index in [0.29, 0.717) is 12.5 Å². The number of para-hydroxylation sites is 2. The highest BCUT2D eigenvalue weighted by molar-refractivity contribution is 5.76. The van der Waals surface area contributed by atoms with Crippen LogP contribution in [-0.4, -0.2) is 23.1 Å². The average molecular weight is 230 g/mol. The highest BCUT2D eigenvalue weighted by Crippen LogP contribution is 2.15. The molecule has 0 bridgehead atoms. The van der Waals surface area contributed by atoms with E-state index in [0.717, 1.165) is 29.1 Å². The predicted molar refractivity (Wildman–Crippen MR) is 71.0 cm³/mol. The summed E-state index contributed by atoms with van der Waals surface area (Å²) in [4.78, 5) is 9.09. The van der Waals surface area contributed by atoms with E-state index >= 15 is 0 Å². The van der Waals surface area contributed by atoms with E-state index in [-0.39, 0.29) is 0 Å². The Labute approximate surface area is 101 Å². The van der Waals surface area contributed by atoms with Crippen molar-refractivity contribution in [3.8, 4) is 0 Å². The molecule has 4 heteroatoms. The fourth-order valence-corrected chi connectivity index (χ4v) is 1.61. The summed E-state index contributed by atoms with van der Waals surface area (Å²) in [6.07, 6.45) is 0. The molecular weight excluding hydrogens is 212 g/mol. The van der Waals surface area contributed by atoms with E-state index in [1.165, 1.54) is 0 Å². The summed E-state index contributed by atoms with van der Waals surface area (Å²) in [5, 5.41) is 3.30. The second kappa shape index (κ2) is 5.10. The molecule has 0 radical (unpaired) electrons. The topological polar surface area (TPSA) is 63.8 Å². The van der Waals surface area contributed by atoms with E-state index in [2.05, 4.69) is 22.2 Å². The number of aryl methyl sites for hydroxylation is 1. The number of nitrogens with two attached hydrogens (primary N) is 1. The van der Waals surface area contributed by atoms with E-state index in [1.807, 2.05) is 31.2 Å². The van der Waals surface area contributed by atoms with Crippen LogP contribution in [0.5, 0.6) is 0 Å². The second-order valence-electron chi connectivity index (χ2n) is 4.37. The van der Waals surface area contributed by atoms with Gasteiger partial charge in [0.05, 0.1) is 16.7 Å². The molecule has 2 rings (SSSR count). The number of rotatable bonds is 4. The maximum absolute atomic E-state index is 5.59. The second-order valence-corrected chi connectivity index (χ2v) is 4.37. The lowest BCUT2D eigenvalue weighted by atomic mass is 10.2. The molecule has 2 aromatic rings. The molecular formula is C13H18N4. The third kappa shape index (κ3) is 2.71. The number of nitrogens with one attached hydrogen (secondary N) is 1. The van der Waals surface area contributed by atoms with Crippen molar-refractivity contribution < 1.29 is 0 Å². The fraction of sp³-hybridized carbons (Fsp3) is 0.385. The van der Waals surface area contributed by atoms with Crippen LogP contribution in [0.15, 0.2) is 24.3 Å². The van der Waals surface area contributed by atoms with Crippen LogP contribution in [0, 0.1) is 12.8 Å². The molecule has 0 saturated carbocycles. The van der Waals surface area contributed by atoms with Gasteiger partial charge in [0, 0.05) is 6.54 Å². The smallest absolute Gasteiger partial charge is 0.148 e. The number of fused-ring (bicyclic) bond motifs is 1. The molecule has 90 valence electrons. The summed E-state index contributed by atoms with van der Waals surface area (Å²) in [5.41, 5.74) is 8.36. The van der Waals surface area contributed by atoms with Gasteiger partial charge >= 0.3 is 0 Å². The molecule has 3 N–H and O–H groups in total. The summed E-state index contributed by atoms with van der Waals surface area (Å²) in [6.45, 7) is 5.57. The normalized spacial score (nSPS) is 12.6. The number of aromatic nitrogens is 2. The first kappa shape index (κ1) is 11.8. The Morgan fingerprint density at radius 2 is 1.88 bits per heavy atom. The predicted octanol–water partition coefficient (Wildman–Crippen LogP) is 1.94. The molecule has 1 atom stereocenters. The Hall–Kier alpha value is -1.68. The van der Waals surface area contributed by atoms with Crippen molar-refractivity contribution in [2.75, 3.05) is 18.4 Å². The Bertz CT molecular complexity index is 510. The van der Waals surface area contributed by atoms with Crippen molar-refractivity contribution in [3.63, 3.8) is 0 Å². The standard InChI is InChI=1S/C13H18N4/c1-9(7-14)8-15-13-10(2)16-11-5-3-4-6-12(11)17-13/h3-6,9H,7-8,14H2,1-2H3,(H,15,17). The molecule has 0 saturated heterocycles. The Morgan fingerprint density at radius 3 is 2.53 bits per heavy atom. The van der Waals surface area contributed by atoms with Crippen LogP contribution < -0.4 is 11.1 Å². The van der Waals surface area contributed by atoms with Crippen LogP contribution in [0.25, 0.3) is 11.0 Å². The molecule has 0 amide bonds. The zero-order valence-corrected chi connectivity index (χ0v) is 10.3. The van der Waals surface area contributed by atoms with E-state index < -0.39 is 0 Å². The number of hydrogen-bond donors (Lipinski definition) is 2. The van der Waals surface area contributed by atoms with Crippen molar-refractivity contribution >= 4 is 16.9 Å². The van der Waals surface area contributed by atoms with Gasteiger partial charge in [-0.15, -0.1) is 0 Å². The van der Waals surface area contributed by atoms with Gasteiger partial charge in [-0.25, -0.2) is 9.97 Å². The Balaban J connectivity index is 2.25. The van der Waals surface area contributed by atoms with Gasteiger partial charge in [-0.3, -0.25) is 0 Å². The highest BCUT2D eigenvalue weighted by atomic mass is 15.0. The lowest BCUT2D eigenvalue weighted by Gasteiger charge is -2.12. The lowest BCUT2D eigenvalue weighted by molar-refractivity contribution is 0.626. The molecule has 0 aliphatic carbocycles. The number of hydrogen-bond acceptors (Lipinski definition) is 4. The lowest BCUT2D eigenvalue weighted by Crippen LogP contribution is -2.20. The van der Waals surface area contributed by atoms with E-state index in [1.54, 1.807) is 0 Å². The molecule has 17 heavy (non-hydrogen) atoms. The fourth-order valence-electron chi connectivity index (χ4n) is 1.61. The first-order valence-corrected chi connectivity index (χ1v) is 5.88. The molecule has 0 aliphatic rings. The van der Waals surface area contributed by atoms with Gasteiger partial charge in [0.1, 0.15) is 5.82 Å². The van der Waals surface area contributed by atoms with Crippen molar-refractivity contribution in [1.82, 2.24) is 9.97 Å². The Kier molecular flexibility index (Phi) is 3.54. The van der Waals surface area contributed by atoms with Gasteiger partial charge in [-0.2, -0.15) is 0 Å². The summed E-state index contributed by atoms with van der Waals surface area (Å²) in [7, 11) is 0. The molecule has 1 unspecified atom stereocenters. The zero-order chi connectivity index (χ0) is 12.3. The van der Waals surface area contributed by atoms with Crippen LogP contribution in [0.3, 0.4) is 0 Å². The molecule has 0 fully saturated rings. The van der Waals surface area contributed by atoms with Crippen LogP contribution in [-0.2, 0) is 0 Å². The van der Waals surface area contributed by atoms with Crippen molar-refractivity contribution in [1.29, 1.82) is 0 Å². The van der Waals surface area contributed by atoms with Crippen LogP contribution in [0.4, 0.5) is 5.82 Å². The van der Waals surface area contributed by atoms with Gasteiger partial charge in [-0.1, -0.05) is 19.1 Å². The Morgan fingerprint density at radius 1 is 1.24 bits per heavy atom. The van der Waals surface area contributed by atoms with Gasteiger partial charge in [0.2, 0.25) is 0 Å². The molecule has 1 aromatic heterocycles. The van der Waals surface area contributed by atoms with E-state index in [4.69, 9.17) is 5.73 Å².